The highest BCUT2D eigenvalue weighted by molar-refractivity contribution is 5.75. The molecule has 2 atom stereocenters. The Kier molecular flexibility index (Phi) is 3.04. The molecule has 1 aliphatic carbocycles. The van der Waals surface area contributed by atoms with E-state index in [-0.39, 0.29) is 5.92 Å². The van der Waals surface area contributed by atoms with Crippen molar-refractivity contribution >= 4 is 5.97 Å². The second kappa shape index (κ2) is 4.65. The monoisotopic (exact) mass is 296 g/mol. The van der Waals surface area contributed by atoms with Crippen LogP contribution in [-0.2, 0) is 11.0 Å². The highest BCUT2D eigenvalue weighted by atomic mass is 19.4. The molecule has 0 spiro atoms. The van der Waals surface area contributed by atoms with Crippen molar-refractivity contribution in [3.63, 3.8) is 0 Å². The lowest BCUT2D eigenvalue weighted by molar-refractivity contribution is -0.139. The minimum absolute atomic E-state index is 0.134. The average Bonchev–Trinajstić information content (AvgIpc) is 3.08. The number of carbonyl (C=O) groups is 1. The Hall–Kier alpha value is -2.24. The first kappa shape index (κ1) is 13.7. The van der Waals surface area contributed by atoms with Crippen LogP contribution in [0.2, 0.25) is 0 Å². The summed E-state index contributed by atoms with van der Waals surface area (Å²) in [4.78, 5) is 10.8. The number of alkyl halides is 3. The summed E-state index contributed by atoms with van der Waals surface area (Å²) in [5.74, 6) is -0.401. The third kappa shape index (κ3) is 2.66. The number of carboxylic acid groups (broad SMARTS) is 1. The number of furan rings is 1. The van der Waals surface area contributed by atoms with E-state index >= 15 is 0 Å². The van der Waals surface area contributed by atoms with Crippen LogP contribution in [0.15, 0.2) is 40.8 Å². The maximum atomic E-state index is 12.5. The summed E-state index contributed by atoms with van der Waals surface area (Å²) in [5.41, 5.74) is -0.187. The summed E-state index contributed by atoms with van der Waals surface area (Å²) >= 11 is 0. The fourth-order valence-electron chi connectivity index (χ4n) is 2.31. The van der Waals surface area contributed by atoms with E-state index in [1.54, 1.807) is 12.1 Å². The molecule has 2 aromatic rings. The highest BCUT2D eigenvalue weighted by Gasteiger charge is 2.46. The van der Waals surface area contributed by atoms with Crippen LogP contribution in [0, 0.1) is 5.92 Å². The molecule has 1 N–H and O–H groups in total. The van der Waals surface area contributed by atoms with Crippen molar-refractivity contribution in [1.82, 2.24) is 0 Å². The van der Waals surface area contributed by atoms with Crippen molar-refractivity contribution in [2.75, 3.05) is 0 Å². The van der Waals surface area contributed by atoms with Crippen LogP contribution in [0.4, 0.5) is 13.2 Å². The molecular formula is C15H11F3O3. The van der Waals surface area contributed by atoms with Crippen molar-refractivity contribution in [2.45, 2.75) is 18.5 Å². The molecule has 1 heterocycles. The van der Waals surface area contributed by atoms with Crippen molar-refractivity contribution < 1.29 is 27.5 Å². The van der Waals surface area contributed by atoms with Crippen molar-refractivity contribution in [3.05, 3.63) is 47.7 Å². The van der Waals surface area contributed by atoms with E-state index in [1.807, 2.05) is 0 Å². The van der Waals surface area contributed by atoms with E-state index in [9.17, 15) is 18.0 Å². The molecule has 1 aliphatic rings. The fourth-order valence-corrected chi connectivity index (χ4v) is 2.31. The Labute approximate surface area is 118 Å². The highest BCUT2D eigenvalue weighted by Crippen LogP contribution is 2.48. The van der Waals surface area contributed by atoms with Crippen molar-refractivity contribution in [1.29, 1.82) is 0 Å². The zero-order valence-corrected chi connectivity index (χ0v) is 10.7. The van der Waals surface area contributed by atoms with Crippen LogP contribution < -0.4 is 0 Å². The number of halogens is 3. The van der Waals surface area contributed by atoms with Gasteiger partial charge < -0.3 is 9.52 Å². The Morgan fingerprint density at radius 3 is 2.33 bits per heavy atom. The molecule has 3 nitrogen and oxygen atoms in total. The van der Waals surface area contributed by atoms with E-state index in [0.29, 0.717) is 23.5 Å². The number of hydrogen-bond acceptors (Lipinski definition) is 2. The van der Waals surface area contributed by atoms with Gasteiger partial charge in [-0.25, -0.2) is 0 Å². The van der Waals surface area contributed by atoms with E-state index in [2.05, 4.69) is 0 Å². The first-order chi connectivity index (χ1) is 9.86. The summed E-state index contributed by atoms with van der Waals surface area (Å²) in [7, 11) is 0. The van der Waals surface area contributed by atoms with Gasteiger partial charge in [0, 0.05) is 11.5 Å². The molecule has 1 aromatic heterocycles. The van der Waals surface area contributed by atoms with Crippen LogP contribution in [0.5, 0.6) is 0 Å². The zero-order chi connectivity index (χ0) is 15.2. The number of rotatable bonds is 3. The molecule has 0 unspecified atom stereocenters. The fraction of sp³-hybridized carbons (Fsp3) is 0.267. The van der Waals surface area contributed by atoms with Gasteiger partial charge in [-0.15, -0.1) is 0 Å². The molecule has 0 amide bonds. The predicted octanol–water partition coefficient (Wildman–Crippen LogP) is 4.15. The van der Waals surface area contributed by atoms with Gasteiger partial charge in [0.1, 0.15) is 11.5 Å². The smallest absolute Gasteiger partial charge is 0.416 e. The van der Waals surface area contributed by atoms with Gasteiger partial charge in [0.2, 0.25) is 0 Å². The lowest BCUT2D eigenvalue weighted by atomic mass is 10.1. The van der Waals surface area contributed by atoms with E-state index in [1.165, 1.54) is 12.1 Å². The van der Waals surface area contributed by atoms with Gasteiger partial charge in [-0.2, -0.15) is 13.2 Å². The second-order valence-corrected chi connectivity index (χ2v) is 5.06. The summed E-state index contributed by atoms with van der Waals surface area (Å²) in [6.07, 6.45) is -3.83. The molecule has 0 radical (unpaired) electrons. The first-order valence-corrected chi connectivity index (χ1v) is 6.36. The summed E-state index contributed by atoms with van der Waals surface area (Å²) < 4.78 is 43.0. The minimum atomic E-state index is -4.37. The molecular weight excluding hydrogens is 285 g/mol. The van der Waals surface area contributed by atoms with Gasteiger partial charge >= 0.3 is 12.1 Å². The normalized spacial score (nSPS) is 21.3. The standard InChI is InChI=1S/C15H11F3O3/c16-15(17,18)9-3-1-8(2-4-9)12-5-6-13(21-12)10-7-11(10)14(19)20/h1-6,10-11H,7H2,(H,19,20)/t10-,11-/m1/s1. The summed E-state index contributed by atoms with van der Waals surface area (Å²) in [6.45, 7) is 0. The minimum Gasteiger partial charge on any atom is -0.481 e. The summed E-state index contributed by atoms with van der Waals surface area (Å²) in [5, 5.41) is 8.87. The number of carboxylic acids is 1. The lowest BCUT2D eigenvalue weighted by Gasteiger charge is -2.06. The first-order valence-electron chi connectivity index (χ1n) is 6.36. The van der Waals surface area contributed by atoms with Crippen LogP contribution >= 0.6 is 0 Å². The van der Waals surface area contributed by atoms with E-state index in [0.717, 1.165) is 12.1 Å². The Bertz CT molecular complexity index is 670. The number of hydrogen-bond donors (Lipinski definition) is 1. The van der Waals surface area contributed by atoms with Crippen LogP contribution in [0.3, 0.4) is 0 Å². The lowest BCUT2D eigenvalue weighted by Crippen LogP contribution is -2.03. The predicted molar refractivity (Wildman–Crippen MR) is 67.6 cm³/mol. The SMILES string of the molecule is O=C(O)[C@@H]1C[C@H]1c1ccc(-c2ccc(C(F)(F)F)cc2)o1. The molecule has 0 saturated heterocycles. The largest absolute Gasteiger partial charge is 0.481 e. The van der Waals surface area contributed by atoms with Gasteiger partial charge in [0.25, 0.3) is 0 Å². The molecule has 1 aromatic carbocycles. The molecule has 6 heteroatoms. The Balaban J connectivity index is 1.79. The van der Waals surface area contributed by atoms with Crippen molar-refractivity contribution in [3.8, 4) is 11.3 Å². The van der Waals surface area contributed by atoms with E-state index in [4.69, 9.17) is 9.52 Å². The van der Waals surface area contributed by atoms with Crippen LogP contribution in [-0.4, -0.2) is 11.1 Å². The van der Waals surface area contributed by atoms with Crippen molar-refractivity contribution in [2.24, 2.45) is 5.92 Å². The quantitative estimate of drug-likeness (QED) is 0.925. The van der Waals surface area contributed by atoms with E-state index < -0.39 is 23.6 Å². The molecule has 1 saturated carbocycles. The van der Waals surface area contributed by atoms with Crippen LogP contribution in [0.1, 0.15) is 23.7 Å². The Morgan fingerprint density at radius 2 is 1.81 bits per heavy atom. The maximum absolute atomic E-state index is 12.5. The van der Waals surface area contributed by atoms with Crippen LogP contribution in [0.25, 0.3) is 11.3 Å². The van der Waals surface area contributed by atoms with Gasteiger partial charge in [0.15, 0.2) is 0 Å². The van der Waals surface area contributed by atoms with Gasteiger partial charge in [-0.3, -0.25) is 4.79 Å². The molecule has 0 aliphatic heterocycles. The maximum Gasteiger partial charge on any atom is 0.416 e. The topological polar surface area (TPSA) is 50.4 Å². The number of aliphatic carboxylic acids is 1. The molecule has 0 bridgehead atoms. The zero-order valence-electron chi connectivity index (χ0n) is 10.7. The van der Waals surface area contributed by atoms with Gasteiger partial charge in [-0.05, 0) is 30.7 Å². The molecule has 110 valence electrons. The molecule has 21 heavy (non-hydrogen) atoms. The van der Waals surface area contributed by atoms with Gasteiger partial charge in [-0.1, -0.05) is 12.1 Å². The number of benzene rings is 1. The molecule has 1 fully saturated rings. The average molecular weight is 296 g/mol. The third-order valence-corrected chi connectivity index (χ3v) is 3.60. The third-order valence-electron chi connectivity index (χ3n) is 3.60. The Morgan fingerprint density at radius 1 is 1.14 bits per heavy atom. The molecule has 3 rings (SSSR count). The second-order valence-electron chi connectivity index (χ2n) is 5.06. The summed E-state index contributed by atoms with van der Waals surface area (Å²) in [6, 6.07) is 8.00. The van der Waals surface area contributed by atoms with Gasteiger partial charge in [0.05, 0.1) is 11.5 Å².